The highest BCUT2D eigenvalue weighted by molar-refractivity contribution is 6.03. The normalized spacial score (nSPS) is 19.7. The van der Waals surface area contributed by atoms with Crippen LogP contribution in [0.1, 0.15) is 36.8 Å². The molecule has 2 amide bonds. The molecule has 0 aliphatic carbocycles. The first-order valence-electron chi connectivity index (χ1n) is 6.62. The number of imide groups is 1. The van der Waals surface area contributed by atoms with Crippen molar-refractivity contribution in [1.82, 2.24) is 10.3 Å². The highest BCUT2D eigenvalue weighted by Crippen LogP contribution is 2.31. The van der Waals surface area contributed by atoms with E-state index in [1.165, 1.54) is 5.56 Å². The van der Waals surface area contributed by atoms with Gasteiger partial charge < -0.3 is 4.98 Å². The van der Waals surface area contributed by atoms with E-state index in [1.807, 2.05) is 12.3 Å². The molecule has 98 valence electrons. The zero-order valence-electron chi connectivity index (χ0n) is 10.8. The van der Waals surface area contributed by atoms with Gasteiger partial charge in [0.05, 0.1) is 5.92 Å². The number of benzene rings is 1. The van der Waals surface area contributed by atoms with Crippen LogP contribution in [0.3, 0.4) is 0 Å². The zero-order valence-corrected chi connectivity index (χ0v) is 10.8. The summed E-state index contributed by atoms with van der Waals surface area (Å²) in [6.07, 6.45) is 3.87. The van der Waals surface area contributed by atoms with Gasteiger partial charge in [-0.1, -0.05) is 13.0 Å². The van der Waals surface area contributed by atoms with E-state index in [4.69, 9.17) is 0 Å². The molecule has 1 aliphatic heterocycles. The van der Waals surface area contributed by atoms with Crippen molar-refractivity contribution in [3.8, 4) is 0 Å². The molecule has 0 saturated carbocycles. The Kier molecular flexibility index (Phi) is 2.85. The van der Waals surface area contributed by atoms with E-state index in [-0.39, 0.29) is 17.7 Å². The maximum Gasteiger partial charge on any atom is 0.234 e. The Morgan fingerprint density at radius 2 is 2.16 bits per heavy atom. The summed E-state index contributed by atoms with van der Waals surface area (Å²) < 4.78 is 0. The van der Waals surface area contributed by atoms with Crippen molar-refractivity contribution >= 4 is 22.7 Å². The lowest BCUT2D eigenvalue weighted by Gasteiger charge is -2.20. The minimum Gasteiger partial charge on any atom is -0.361 e. The first-order valence-corrected chi connectivity index (χ1v) is 6.62. The molecule has 19 heavy (non-hydrogen) atoms. The third-order valence-electron chi connectivity index (χ3n) is 3.80. The van der Waals surface area contributed by atoms with Crippen LogP contribution in [0, 0.1) is 0 Å². The average Bonchev–Trinajstić information content (AvgIpc) is 2.81. The van der Waals surface area contributed by atoms with E-state index in [1.54, 1.807) is 0 Å². The Balaban J connectivity index is 2.04. The van der Waals surface area contributed by atoms with Gasteiger partial charge in [-0.2, -0.15) is 0 Å². The predicted molar refractivity (Wildman–Crippen MR) is 72.8 cm³/mol. The summed E-state index contributed by atoms with van der Waals surface area (Å²) in [6.45, 7) is 2.11. The summed E-state index contributed by atoms with van der Waals surface area (Å²) in [5.74, 6) is -0.576. The van der Waals surface area contributed by atoms with Crippen molar-refractivity contribution in [2.24, 2.45) is 0 Å². The van der Waals surface area contributed by atoms with Crippen LogP contribution in [0.15, 0.2) is 24.4 Å². The van der Waals surface area contributed by atoms with E-state index >= 15 is 0 Å². The summed E-state index contributed by atoms with van der Waals surface area (Å²) in [7, 11) is 0. The molecule has 1 aliphatic rings. The molecule has 2 heterocycles. The largest absolute Gasteiger partial charge is 0.361 e. The van der Waals surface area contributed by atoms with Gasteiger partial charge >= 0.3 is 0 Å². The lowest BCUT2D eigenvalue weighted by Crippen LogP contribution is -2.39. The van der Waals surface area contributed by atoms with Gasteiger partial charge in [-0.25, -0.2) is 0 Å². The Hall–Kier alpha value is -2.10. The SMILES string of the molecule is CCc1ccc2[nH]cc(C3CCC(=O)NC3=O)c2c1. The van der Waals surface area contributed by atoms with E-state index in [0.29, 0.717) is 12.8 Å². The fourth-order valence-corrected chi connectivity index (χ4v) is 2.69. The van der Waals surface area contributed by atoms with Crippen LogP contribution < -0.4 is 5.32 Å². The number of piperidine rings is 1. The molecule has 4 heteroatoms. The molecule has 3 rings (SSSR count). The van der Waals surface area contributed by atoms with Gasteiger partial charge in [0.15, 0.2) is 0 Å². The number of aromatic nitrogens is 1. The van der Waals surface area contributed by atoms with Crippen LogP contribution >= 0.6 is 0 Å². The first-order chi connectivity index (χ1) is 9.19. The highest BCUT2D eigenvalue weighted by atomic mass is 16.2. The molecule has 1 atom stereocenters. The molecule has 2 N–H and O–H groups in total. The predicted octanol–water partition coefficient (Wildman–Crippen LogP) is 2.25. The molecule has 1 saturated heterocycles. The van der Waals surface area contributed by atoms with Crippen molar-refractivity contribution in [2.45, 2.75) is 32.1 Å². The number of aromatic amines is 1. The summed E-state index contributed by atoms with van der Waals surface area (Å²) >= 11 is 0. The number of carbonyl (C=O) groups is 2. The van der Waals surface area contributed by atoms with Gasteiger partial charge in [0.25, 0.3) is 0 Å². The maximum absolute atomic E-state index is 12.0. The topological polar surface area (TPSA) is 62.0 Å². The molecule has 0 bridgehead atoms. The summed E-state index contributed by atoms with van der Waals surface area (Å²) in [6, 6.07) is 6.27. The first kappa shape index (κ1) is 12.0. The second kappa shape index (κ2) is 4.53. The van der Waals surface area contributed by atoms with Gasteiger partial charge in [0, 0.05) is 23.5 Å². The molecule has 1 unspecified atom stereocenters. The molecule has 1 aromatic heterocycles. The van der Waals surface area contributed by atoms with Crippen LogP contribution in [0.2, 0.25) is 0 Å². The monoisotopic (exact) mass is 256 g/mol. The Morgan fingerprint density at radius 1 is 1.32 bits per heavy atom. The van der Waals surface area contributed by atoms with Crippen LogP contribution in [0.25, 0.3) is 10.9 Å². The molecule has 0 spiro atoms. The third-order valence-corrected chi connectivity index (χ3v) is 3.80. The number of hydrogen-bond donors (Lipinski definition) is 2. The van der Waals surface area contributed by atoms with Gasteiger partial charge in [-0.3, -0.25) is 14.9 Å². The summed E-state index contributed by atoms with van der Waals surface area (Å²) in [4.78, 5) is 26.4. The van der Waals surface area contributed by atoms with E-state index in [2.05, 4.69) is 29.4 Å². The number of hydrogen-bond acceptors (Lipinski definition) is 2. The molecule has 1 fully saturated rings. The van der Waals surface area contributed by atoms with Crippen LogP contribution in [-0.2, 0) is 16.0 Å². The number of amides is 2. The Bertz CT molecular complexity index is 657. The van der Waals surface area contributed by atoms with Crippen molar-refractivity contribution in [1.29, 1.82) is 0 Å². The zero-order chi connectivity index (χ0) is 13.4. The lowest BCUT2D eigenvalue weighted by molar-refractivity contribution is -0.134. The van der Waals surface area contributed by atoms with Crippen LogP contribution in [0.5, 0.6) is 0 Å². The molecule has 0 radical (unpaired) electrons. The van der Waals surface area contributed by atoms with Crippen molar-refractivity contribution in [3.05, 3.63) is 35.5 Å². The fraction of sp³-hybridized carbons (Fsp3) is 0.333. The summed E-state index contributed by atoms with van der Waals surface area (Å²) in [5, 5.41) is 3.51. The number of rotatable bonds is 2. The fourth-order valence-electron chi connectivity index (χ4n) is 2.69. The smallest absolute Gasteiger partial charge is 0.234 e. The molecule has 1 aromatic carbocycles. The van der Waals surface area contributed by atoms with Crippen molar-refractivity contribution in [2.75, 3.05) is 0 Å². The Labute approximate surface area is 111 Å². The molecular weight excluding hydrogens is 240 g/mol. The summed E-state index contributed by atoms with van der Waals surface area (Å²) in [5.41, 5.74) is 3.29. The van der Waals surface area contributed by atoms with Gasteiger partial charge in [0.2, 0.25) is 11.8 Å². The number of aryl methyl sites for hydroxylation is 1. The molecule has 2 aromatic rings. The third kappa shape index (κ3) is 2.03. The quantitative estimate of drug-likeness (QED) is 0.809. The average molecular weight is 256 g/mol. The molecule has 4 nitrogen and oxygen atoms in total. The highest BCUT2D eigenvalue weighted by Gasteiger charge is 2.29. The number of nitrogens with one attached hydrogen (secondary N) is 2. The molecular formula is C15H16N2O2. The number of carbonyl (C=O) groups excluding carboxylic acids is 2. The second-order valence-electron chi connectivity index (χ2n) is 4.98. The van der Waals surface area contributed by atoms with Crippen LogP contribution in [-0.4, -0.2) is 16.8 Å². The standard InChI is InChI=1S/C15H16N2O2/c1-2-9-3-5-13-11(7-9)12(8-16-13)10-4-6-14(18)17-15(10)19/h3,5,7-8,10,16H,2,4,6H2,1H3,(H,17,18,19). The van der Waals surface area contributed by atoms with Gasteiger partial charge in [-0.15, -0.1) is 0 Å². The maximum atomic E-state index is 12.0. The van der Waals surface area contributed by atoms with E-state index < -0.39 is 0 Å². The minimum absolute atomic E-state index is 0.171. The number of H-pyrrole nitrogens is 1. The Morgan fingerprint density at radius 3 is 2.89 bits per heavy atom. The van der Waals surface area contributed by atoms with Gasteiger partial charge in [-0.05, 0) is 36.1 Å². The number of fused-ring (bicyclic) bond motifs is 1. The van der Waals surface area contributed by atoms with Crippen LogP contribution in [0.4, 0.5) is 0 Å². The lowest BCUT2D eigenvalue weighted by atomic mass is 9.90. The van der Waals surface area contributed by atoms with E-state index in [9.17, 15) is 9.59 Å². The van der Waals surface area contributed by atoms with Crippen molar-refractivity contribution in [3.63, 3.8) is 0 Å². The minimum atomic E-state index is -0.224. The van der Waals surface area contributed by atoms with E-state index in [0.717, 1.165) is 22.9 Å². The second-order valence-corrected chi connectivity index (χ2v) is 4.98. The van der Waals surface area contributed by atoms with Crippen molar-refractivity contribution < 1.29 is 9.59 Å². The van der Waals surface area contributed by atoms with Gasteiger partial charge in [0.1, 0.15) is 0 Å².